The van der Waals surface area contributed by atoms with Crippen molar-refractivity contribution in [3.63, 3.8) is 0 Å². The molecule has 3 aromatic rings. The summed E-state index contributed by atoms with van der Waals surface area (Å²) in [7, 11) is 0. The number of nitrogens with one attached hydrogen (secondary N) is 1. The highest BCUT2D eigenvalue weighted by atomic mass is 32.1. The zero-order chi connectivity index (χ0) is 13.8. The molecule has 0 fully saturated rings. The lowest BCUT2D eigenvalue weighted by atomic mass is 10.2. The Morgan fingerprint density at radius 1 is 1.20 bits per heavy atom. The molecule has 0 bridgehead atoms. The van der Waals surface area contributed by atoms with Crippen LogP contribution >= 0.6 is 22.7 Å². The molecule has 0 aliphatic rings. The molecule has 1 atom stereocenters. The Hall–Kier alpha value is -1.56. The summed E-state index contributed by atoms with van der Waals surface area (Å²) >= 11 is 3.42. The van der Waals surface area contributed by atoms with Crippen molar-refractivity contribution in [2.75, 3.05) is 0 Å². The third-order valence-electron chi connectivity index (χ3n) is 3.00. The van der Waals surface area contributed by atoms with E-state index < -0.39 is 0 Å². The van der Waals surface area contributed by atoms with E-state index in [0.717, 1.165) is 22.9 Å². The third-order valence-corrected chi connectivity index (χ3v) is 4.96. The van der Waals surface area contributed by atoms with E-state index in [0.29, 0.717) is 6.04 Å². The number of nitrogens with zero attached hydrogens (tertiary/aromatic N) is 2. The van der Waals surface area contributed by atoms with Gasteiger partial charge in [0.25, 0.3) is 0 Å². The van der Waals surface area contributed by atoms with Gasteiger partial charge in [-0.25, -0.2) is 4.98 Å². The Kier molecular flexibility index (Phi) is 4.20. The minimum Gasteiger partial charge on any atom is -0.304 e. The van der Waals surface area contributed by atoms with Gasteiger partial charge in [0, 0.05) is 29.0 Å². The molecule has 1 N–H and O–H groups in total. The predicted molar refractivity (Wildman–Crippen MR) is 84.9 cm³/mol. The Morgan fingerprint density at radius 2 is 2.15 bits per heavy atom. The van der Waals surface area contributed by atoms with Crippen molar-refractivity contribution in [1.29, 1.82) is 0 Å². The average Bonchev–Trinajstić information content (AvgIpc) is 3.17. The van der Waals surface area contributed by atoms with Gasteiger partial charge >= 0.3 is 0 Å². The van der Waals surface area contributed by atoms with Gasteiger partial charge in [-0.2, -0.15) is 0 Å². The monoisotopic (exact) mass is 301 g/mol. The van der Waals surface area contributed by atoms with Crippen LogP contribution in [-0.4, -0.2) is 9.97 Å². The van der Waals surface area contributed by atoms with E-state index >= 15 is 0 Å². The van der Waals surface area contributed by atoms with Gasteiger partial charge in [0.15, 0.2) is 0 Å². The molecular formula is C15H15N3S2. The average molecular weight is 301 g/mol. The lowest BCUT2D eigenvalue weighted by Crippen LogP contribution is -2.17. The van der Waals surface area contributed by atoms with Crippen molar-refractivity contribution in [3.05, 3.63) is 57.9 Å². The van der Waals surface area contributed by atoms with Crippen LogP contribution in [0.15, 0.2) is 47.3 Å². The van der Waals surface area contributed by atoms with Crippen LogP contribution in [0.1, 0.15) is 23.5 Å². The van der Waals surface area contributed by atoms with E-state index in [2.05, 4.69) is 45.1 Å². The van der Waals surface area contributed by atoms with Crippen LogP contribution in [0.25, 0.3) is 10.7 Å². The first-order chi connectivity index (χ1) is 9.83. The SMILES string of the molecule is C[C@@H](NCc1csc(-c2ccccn2)n1)c1cccs1. The lowest BCUT2D eigenvalue weighted by Gasteiger charge is -2.10. The van der Waals surface area contributed by atoms with E-state index in [-0.39, 0.29) is 0 Å². The molecule has 20 heavy (non-hydrogen) atoms. The quantitative estimate of drug-likeness (QED) is 0.770. The number of hydrogen-bond acceptors (Lipinski definition) is 5. The number of rotatable bonds is 5. The smallest absolute Gasteiger partial charge is 0.142 e. The summed E-state index contributed by atoms with van der Waals surface area (Å²) in [4.78, 5) is 10.3. The van der Waals surface area contributed by atoms with Crippen LogP contribution in [0.2, 0.25) is 0 Å². The molecule has 3 nitrogen and oxygen atoms in total. The van der Waals surface area contributed by atoms with Crippen LogP contribution in [0.5, 0.6) is 0 Å². The number of aromatic nitrogens is 2. The molecule has 3 aromatic heterocycles. The maximum Gasteiger partial charge on any atom is 0.142 e. The minimum atomic E-state index is 0.356. The van der Waals surface area contributed by atoms with Crippen molar-refractivity contribution >= 4 is 22.7 Å². The summed E-state index contributed by atoms with van der Waals surface area (Å²) in [6.45, 7) is 2.96. The molecule has 5 heteroatoms. The van der Waals surface area contributed by atoms with Crippen molar-refractivity contribution < 1.29 is 0 Å². The molecular weight excluding hydrogens is 286 g/mol. The van der Waals surface area contributed by atoms with Crippen molar-refractivity contribution in [2.24, 2.45) is 0 Å². The third kappa shape index (κ3) is 3.12. The van der Waals surface area contributed by atoms with E-state index in [4.69, 9.17) is 0 Å². The van der Waals surface area contributed by atoms with Crippen LogP contribution < -0.4 is 5.32 Å². The summed E-state index contributed by atoms with van der Waals surface area (Å²) in [5.74, 6) is 0. The first-order valence-corrected chi connectivity index (χ1v) is 8.21. The Morgan fingerprint density at radius 3 is 2.90 bits per heavy atom. The summed E-state index contributed by atoms with van der Waals surface area (Å²) in [6.07, 6.45) is 1.80. The second-order valence-corrected chi connectivity index (χ2v) is 6.31. The van der Waals surface area contributed by atoms with E-state index in [1.807, 2.05) is 18.2 Å². The molecule has 0 unspecified atom stereocenters. The van der Waals surface area contributed by atoms with Gasteiger partial charge < -0.3 is 5.32 Å². The van der Waals surface area contributed by atoms with Gasteiger partial charge in [-0.05, 0) is 30.5 Å². The van der Waals surface area contributed by atoms with Gasteiger partial charge in [0.1, 0.15) is 5.01 Å². The van der Waals surface area contributed by atoms with Gasteiger partial charge in [-0.1, -0.05) is 12.1 Å². The Labute approximate surface area is 126 Å². The normalized spacial score (nSPS) is 12.4. The molecule has 0 saturated heterocycles. The number of thiazole rings is 1. The van der Waals surface area contributed by atoms with Crippen molar-refractivity contribution in [2.45, 2.75) is 19.5 Å². The fraction of sp³-hybridized carbons (Fsp3) is 0.200. The van der Waals surface area contributed by atoms with Crippen LogP contribution in [0.3, 0.4) is 0 Å². The molecule has 0 radical (unpaired) electrons. The molecule has 0 aliphatic heterocycles. The number of pyridine rings is 1. The summed E-state index contributed by atoms with van der Waals surface area (Å²) in [6, 6.07) is 10.5. The minimum absolute atomic E-state index is 0.356. The molecule has 0 aromatic carbocycles. The maximum atomic E-state index is 4.63. The topological polar surface area (TPSA) is 37.8 Å². The van der Waals surface area contributed by atoms with E-state index in [1.54, 1.807) is 28.9 Å². The molecule has 0 aliphatic carbocycles. The molecule has 0 spiro atoms. The van der Waals surface area contributed by atoms with Crippen LogP contribution in [0, 0.1) is 0 Å². The first kappa shape index (κ1) is 13.4. The second kappa shape index (κ2) is 6.26. The zero-order valence-electron chi connectivity index (χ0n) is 11.1. The molecule has 3 heterocycles. The maximum absolute atomic E-state index is 4.63. The Bertz CT molecular complexity index is 647. The highest BCUT2D eigenvalue weighted by Gasteiger charge is 2.08. The number of thiophene rings is 1. The van der Waals surface area contributed by atoms with Gasteiger partial charge in [-0.3, -0.25) is 4.98 Å². The highest BCUT2D eigenvalue weighted by Crippen LogP contribution is 2.22. The van der Waals surface area contributed by atoms with E-state index in [1.165, 1.54) is 4.88 Å². The van der Waals surface area contributed by atoms with Crippen LogP contribution in [0.4, 0.5) is 0 Å². The largest absolute Gasteiger partial charge is 0.304 e. The molecule has 0 amide bonds. The molecule has 3 rings (SSSR count). The van der Waals surface area contributed by atoms with Crippen molar-refractivity contribution in [1.82, 2.24) is 15.3 Å². The standard InChI is InChI=1S/C15H15N3S2/c1-11(14-6-4-8-19-14)17-9-12-10-20-15(18-12)13-5-2-3-7-16-13/h2-8,10-11,17H,9H2,1H3/t11-/m1/s1. The predicted octanol–water partition coefficient (Wildman–Crippen LogP) is 4.12. The first-order valence-electron chi connectivity index (χ1n) is 6.45. The van der Waals surface area contributed by atoms with Crippen molar-refractivity contribution in [3.8, 4) is 10.7 Å². The lowest BCUT2D eigenvalue weighted by molar-refractivity contribution is 0.577. The summed E-state index contributed by atoms with van der Waals surface area (Å²) in [5, 5.41) is 8.68. The summed E-state index contributed by atoms with van der Waals surface area (Å²) in [5.41, 5.74) is 2.01. The fourth-order valence-corrected chi connectivity index (χ4v) is 3.45. The summed E-state index contributed by atoms with van der Waals surface area (Å²) < 4.78 is 0. The van der Waals surface area contributed by atoms with Gasteiger partial charge in [0.05, 0.1) is 11.4 Å². The van der Waals surface area contributed by atoms with Gasteiger partial charge in [-0.15, -0.1) is 22.7 Å². The fourth-order valence-electron chi connectivity index (χ4n) is 1.89. The van der Waals surface area contributed by atoms with E-state index in [9.17, 15) is 0 Å². The molecule has 0 saturated carbocycles. The number of hydrogen-bond donors (Lipinski definition) is 1. The second-order valence-electron chi connectivity index (χ2n) is 4.48. The van der Waals surface area contributed by atoms with Crippen LogP contribution in [-0.2, 0) is 6.54 Å². The molecule has 102 valence electrons. The Balaban J connectivity index is 1.63. The highest BCUT2D eigenvalue weighted by molar-refractivity contribution is 7.13. The van der Waals surface area contributed by atoms with Gasteiger partial charge in [0.2, 0.25) is 0 Å². The zero-order valence-corrected chi connectivity index (χ0v) is 12.7.